The molecule has 0 heterocycles. The smallest absolute Gasteiger partial charge is 0.348 e. The van der Waals surface area contributed by atoms with Crippen LogP contribution < -0.4 is 10.4 Å². The number of hydrogen-bond donors (Lipinski definition) is 0. The Morgan fingerprint density at radius 3 is 1.62 bits per heavy atom. The van der Waals surface area contributed by atoms with E-state index in [0.717, 1.165) is 5.56 Å². The Morgan fingerprint density at radius 1 is 0.781 bits per heavy atom. The van der Waals surface area contributed by atoms with Crippen molar-refractivity contribution in [3.8, 4) is 6.07 Å². The second kappa shape index (κ2) is 9.47. The number of carbonyl (C=O) groups excluding carboxylic acids is 1. The average molecular weight is 496 g/mol. The van der Waals surface area contributed by atoms with Gasteiger partial charge >= 0.3 is 5.97 Å². The molecule has 2 aromatic carbocycles. The highest BCUT2D eigenvalue weighted by molar-refractivity contribution is 7.85. The highest BCUT2D eigenvalue weighted by atomic mass is 29.8. The highest BCUT2D eigenvalue weighted by Gasteiger charge is 2.59. The molecule has 2 aromatic rings. The summed E-state index contributed by atoms with van der Waals surface area (Å²) in [5, 5.41) is 12.3. The molecule has 32 heavy (non-hydrogen) atoms. The number of ether oxygens (including phenoxy) is 1. The van der Waals surface area contributed by atoms with E-state index in [-0.39, 0.29) is 5.57 Å². The molecule has 0 saturated carbocycles. The van der Waals surface area contributed by atoms with Crippen LogP contribution in [0, 0.1) is 11.3 Å². The first-order valence-electron chi connectivity index (χ1n) is 11.1. The minimum Gasteiger partial charge on any atom is -0.465 e. The van der Waals surface area contributed by atoms with E-state index in [1.165, 1.54) is 12.3 Å². The lowest BCUT2D eigenvalue weighted by Crippen LogP contribution is -2.84. The zero-order valence-corrected chi connectivity index (χ0v) is 25.0. The Bertz CT molecular complexity index is 1030. The van der Waals surface area contributed by atoms with Gasteiger partial charge < -0.3 is 4.74 Å². The molecule has 0 aromatic heterocycles. The SMILES string of the molecule is COC(=O)/C(C#N)=C\c1ccc([Si](C)(C)[Si](C)(C)[Si](C)(C)[Si](C)(C)c2ccccc2)cc1. The molecule has 0 atom stereocenters. The van der Waals surface area contributed by atoms with Crippen LogP contribution in [0.25, 0.3) is 6.08 Å². The Kier molecular flexibility index (Phi) is 7.78. The maximum absolute atomic E-state index is 11.7. The summed E-state index contributed by atoms with van der Waals surface area (Å²) >= 11 is 0. The molecular formula is C25H37NO2Si4. The standard InChI is InChI=1S/C25H37NO2Si4/c1-28-25(27)22(20-26)19-21-15-17-24(18-16-21)30(4,5)32(8,9)31(6,7)29(2,3)23-13-11-10-12-14-23/h10-19H,1-9H3/b22-19-. The van der Waals surface area contributed by atoms with Crippen molar-refractivity contribution in [2.75, 3.05) is 7.11 Å². The molecule has 170 valence electrons. The number of methoxy groups -OCH3 is 1. The van der Waals surface area contributed by atoms with Crippen LogP contribution in [-0.4, -0.2) is 42.5 Å². The Morgan fingerprint density at radius 2 is 1.22 bits per heavy atom. The number of rotatable bonds is 7. The van der Waals surface area contributed by atoms with E-state index in [1.807, 2.05) is 18.2 Å². The molecule has 0 N–H and O–H groups in total. The molecule has 0 spiro atoms. The molecule has 0 radical (unpaired) electrons. The van der Waals surface area contributed by atoms with Crippen molar-refractivity contribution >= 4 is 51.8 Å². The van der Waals surface area contributed by atoms with Gasteiger partial charge in [-0.1, -0.05) is 117 Å². The van der Waals surface area contributed by atoms with Crippen molar-refractivity contribution in [3.05, 3.63) is 65.7 Å². The number of nitrogens with zero attached hydrogens (tertiary/aromatic N) is 1. The van der Waals surface area contributed by atoms with Crippen LogP contribution in [0.3, 0.4) is 0 Å². The van der Waals surface area contributed by atoms with E-state index in [9.17, 15) is 10.1 Å². The predicted octanol–water partition coefficient (Wildman–Crippen LogP) is 4.95. The number of carbonyl (C=O) groups is 1. The largest absolute Gasteiger partial charge is 0.465 e. The fourth-order valence-corrected chi connectivity index (χ4v) is 73.4. The molecule has 0 aliphatic heterocycles. The molecular weight excluding hydrogens is 459 g/mol. The molecule has 2 rings (SSSR count). The normalized spacial score (nSPS) is 13.4. The maximum atomic E-state index is 11.7. The first kappa shape index (κ1) is 26.3. The number of hydrogen-bond acceptors (Lipinski definition) is 3. The summed E-state index contributed by atoms with van der Waals surface area (Å²) < 4.78 is 4.70. The molecule has 0 aliphatic rings. The number of esters is 1. The first-order chi connectivity index (χ1) is 14.7. The van der Waals surface area contributed by atoms with Crippen LogP contribution in [0.1, 0.15) is 5.56 Å². The van der Waals surface area contributed by atoms with Crippen molar-refractivity contribution in [3.63, 3.8) is 0 Å². The van der Waals surface area contributed by atoms with Crippen LogP contribution in [0.15, 0.2) is 60.2 Å². The molecule has 0 fully saturated rings. The van der Waals surface area contributed by atoms with Crippen LogP contribution >= 0.6 is 0 Å². The molecule has 3 nitrogen and oxygen atoms in total. The minimum absolute atomic E-state index is 0.0237. The average Bonchev–Trinajstić information content (AvgIpc) is 2.77. The van der Waals surface area contributed by atoms with E-state index in [1.54, 1.807) is 11.3 Å². The van der Waals surface area contributed by atoms with Gasteiger partial charge in [-0.25, -0.2) is 4.79 Å². The fraction of sp³-hybridized carbons (Fsp3) is 0.360. The maximum Gasteiger partial charge on any atom is 0.348 e. The summed E-state index contributed by atoms with van der Waals surface area (Å²) in [6.07, 6.45) is 1.61. The van der Waals surface area contributed by atoms with Crippen molar-refractivity contribution < 1.29 is 9.53 Å². The topological polar surface area (TPSA) is 50.1 Å². The first-order valence-corrected chi connectivity index (χ1v) is 26.1. The molecule has 7 heteroatoms. The van der Waals surface area contributed by atoms with Crippen molar-refractivity contribution in [2.24, 2.45) is 0 Å². The highest BCUT2D eigenvalue weighted by Crippen LogP contribution is 2.35. The lowest BCUT2D eigenvalue weighted by Gasteiger charge is -2.55. The second-order valence-electron chi connectivity index (χ2n) is 10.6. The molecule has 0 unspecified atom stereocenters. The van der Waals surface area contributed by atoms with Crippen LogP contribution in [-0.2, 0) is 9.53 Å². The van der Waals surface area contributed by atoms with Gasteiger partial charge in [0, 0.05) is 14.2 Å². The quantitative estimate of drug-likeness (QED) is 0.236. The van der Waals surface area contributed by atoms with Gasteiger partial charge in [0.25, 0.3) is 0 Å². The Balaban J connectivity index is 2.46. The van der Waals surface area contributed by atoms with Crippen LogP contribution in [0.5, 0.6) is 0 Å². The van der Waals surface area contributed by atoms with E-state index in [2.05, 4.69) is 94.8 Å². The van der Waals surface area contributed by atoms with Gasteiger partial charge in [-0.05, 0) is 11.6 Å². The summed E-state index contributed by atoms with van der Waals surface area (Å²) in [7, 11) is -5.19. The van der Waals surface area contributed by atoms with Gasteiger partial charge in [0.15, 0.2) is 0 Å². The van der Waals surface area contributed by atoms with Gasteiger partial charge in [-0.15, -0.1) is 0 Å². The van der Waals surface area contributed by atoms with E-state index < -0.39 is 35.4 Å². The van der Waals surface area contributed by atoms with Gasteiger partial charge in [0.1, 0.15) is 11.6 Å². The lowest BCUT2D eigenvalue weighted by molar-refractivity contribution is -0.135. The van der Waals surface area contributed by atoms with Crippen molar-refractivity contribution in [1.29, 1.82) is 5.26 Å². The minimum atomic E-state index is -1.73. The molecule has 0 saturated heterocycles. The monoisotopic (exact) mass is 495 g/mol. The summed E-state index contributed by atoms with van der Waals surface area (Å²) in [5.41, 5.74) is 0.881. The van der Waals surface area contributed by atoms with Gasteiger partial charge in [-0.3, -0.25) is 0 Å². The predicted molar refractivity (Wildman–Crippen MR) is 148 cm³/mol. The van der Waals surface area contributed by atoms with Gasteiger partial charge in [0.05, 0.1) is 22.3 Å². The van der Waals surface area contributed by atoms with Crippen LogP contribution in [0.4, 0.5) is 0 Å². The van der Waals surface area contributed by atoms with Crippen LogP contribution in [0.2, 0.25) is 52.4 Å². The molecule has 0 bridgehead atoms. The Hall–Kier alpha value is -1.99. The number of benzene rings is 2. The summed E-state index contributed by atoms with van der Waals surface area (Å²) in [4.78, 5) is 11.7. The third-order valence-electron chi connectivity index (χ3n) is 8.65. The third-order valence-corrected chi connectivity index (χ3v) is 76.2. The third kappa shape index (κ3) is 4.55. The fourth-order valence-electron chi connectivity index (χ4n) is 4.55. The zero-order valence-electron chi connectivity index (χ0n) is 21.0. The summed E-state index contributed by atoms with van der Waals surface area (Å²) in [5.74, 6) is -0.597. The summed E-state index contributed by atoms with van der Waals surface area (Å²) in [6.45, 7) is 21.0. The zero-order chi connectivity index (χ0) is 24.4. The van der Waals surface area contributed by atoms with E-state index >= 15 is 0 Å². The van der Waals surface area contributed by atoms with Crippen molar-refractivity contribution in [2.45, 2.75) is 52.4 Å². The van der Waals surface area contributed by atoms with Crippen molar-refractivity contribution in [1.82, 2.24) is 0 Å². The summed E-state index contributed by atoms with van der Waals surface area (Å²) in [6, 6.07) is 21.7. The number of nitriles is 1. The lowest BCUT2D eigenvalue weighted by atomic mass is 10.1. The Labute approximate surface area is 197 Å². The van der Waals surface area contributed by atoms with E-state index in [0.29, 0.717) is 0 Å². The molecule has 0 aliphatic carbocycles. The van der Waals surface area contributed by atoms with E-state index in [4.69, 9.17) is 4.74 Å². The van der Waals surface area contributed by atoms with Gasteiger partial charge in [-0.2, -0.15) is 5.26 Å². The second-order valence-corrected chi connectivity index (χ2v) is 50.3. The van der Waals surface area contributed by atoms with Gasteiger partial charge in [0.2, 0.25) is 0 Å². The molecule has 0 amide bonds.